The Bertz CT molecular complexity index is 982. The molecule has 1 amide bonds. The van der Waals surface area contributed by atoms with Crippen molar-refractivity contribution in [1.82, 2.24) is 14.9 Å². The zero-order chi connectivity index (χ0) is 24.2. The number of hydrogen-bond acceptors (Lipinski definition) is 6. The van der Waals surface area contributed by atoms with E-state index in [1.807, 2.05) is 49.1 Å². The Hall–Kier alpha value is -3.21. The summed E-state index contributed by atoms with van der Waals surface area (Å²) in [7, 11) is 0. The second kappa shape index (κ2) is 9.74. The molecule has 4 rings (SSSR count). The molecule has 4 heterocycles. The molecule has 2 atom stereocenters. The van der Waals surface area contributed by atoms with Gasteiger partial charge in [-0.25, -0.2) is 9.78 Å². The normalized spacial score (nSPS) is 22.1. The van der Waals surface area contributed by atoms with E-state index in [-0.39, 0.29) is 17.6 Å². The molecule has 0 bridgehead atoms. The predicted octanol–water partition coefficient (Wildman–Crippen LogP) is 3.18. The van der Waals surface area contributed by atoms with E-state index >= 15 is 0 Å². The second-order valence-corrected chi connectivity index (χ2v) is 8.02. The van der Waals surface area contributed by atoms with Crippen molar-refractivity contribution >= 4 is 11.9 Å². The van der Waals surface area contributed by atoms with Gasteiger partial charge in [-0.3, -0.25) is 9.78 Å². The molecule has 0 aromatic carbocycles. The Morgan fingerprint density at radius 1 is 1.24 bits per heavy atom. The van der Waals surface area contributed by atoms with Crippen LogP contribution < -0.4 is 4.74 Å². The van der Waals surface area contributed by atoms with E-state index in [2.05, 4.69) is 9.97 Å². The van der Waals surface area contributed by atoms with E-state index in [0.29, 0.717) is 31.1 Å². The highest BCUT2D eigenvalue weighted by atomic mass is 19.4. The molecule has 33 heavy (non-hydrogen) atoms. The summed E-state index contributed by atoms with van der Waals surface area (Å²) < 4.78 is 43.8. The Morgan fingerprint density at radius 3 is 2.48 bits per heavy atom. The van der Waals surface area contributed by atoms with Crippen LogP contribution in [0.25, 0.3) is 0 Å². The lowest BCUT2D eigenvalue weighted by atomic mass is 9.98. The summed E-state index contributed by atoms with van der Waals surface area (Å²) in [5.41, 5.74) is 2.13. The van der Waals surface area contributed by atoms with Crippen LogP contribution in [0.3, 0.4) is 0 Å². The molecule has 2 aromatic heterocycles. The number of aliphatic carboxylic acids is 1. The first kappa shape index (κ1) is 24.4. The molecule has 1 N–H and O–H groups in total. The molecule has 8 nitrogen and oxygen atoms in total. The van der Waals surface area contributed by atoms with Crippen LogP contribution in [0.1, 0.15) is 34.6 Å². The predicted molar refractivity (Wildman–Crippen MR) is 110 cm³/mol. The van der Waals surface area contributed by atoms with Crippen molar-refractivity contribution in [2.45, 2.75) is 44.6 Å². The molecule has 2 aromatic rings. The number of carboxylic acid groups (broad SMARTS) is 1. The van der Waals surface area contributed by atoms with Gasteiger partial charge in [0.2, 0.25) is 5.88 Å². The smallest absolute Gasteiger partial charge is 0.475 e. The summed E-state index contributed by atoms with van der Waals surface area (Å²) in [5, 5.41) is 7.12. The number of aromatic nitrogens is 2. The monoisotopic (exact) mass is 467 g/mol. The van der Waals surface area contributed by atoms with E-state index in [9.17, 15) is 18.0 Å². The van der Waals surface area contributed by atoms with Crippen LogP contribution in [0.2, 0.25) is 0 Å². The first-order valence-corrected chi connectivity index (χ1v) is 10.2. The average Bonchev–Trinajstić information content (AvgIpc) is 3.33. The van der Waals surface area contributed by atoms with Crippen molar-refractivity contribution in [3.05, 3.63) is 53.5 Å². The maximum Gasteiger partial charge on any atom is 0.490 e. The van der Waals surface area contributed by atoms with Gasteiger partial charge >= 0.3 is 12.1 Å². The lowest BCUT2D eigenvalue weighted by molar-refractivity contribution is -0.192. The standard InChI is InChI=1S/C20H23N3O3.C2HF3O2/c1-14-9-16(10-15(2)22-14)19(24)23-8-6-20(13-23)11-17(12-25-20)26-18-5-3-4-7-21-18;3-2(4,5)1(6)7/h3-5,7,9-10,17H,6,8,11-13H2,1-2H3;(H,6,7)/t17-,20-;/m0./s1. The zero-order valence-corrected chi connectivity index (χ0v) is 18.1. The van der Waals surface area contributed by atoms with Crippen LogP contribution in [-0.2, 0) is 9.53 Å². The SMILES string of the molecule is Cc1cc(C(=O)N2CC[C@]3(C[C@H](Oc4ccccn4)CO3)C2)cc(C)n1.O=C(O)C(F)(F)F. The molecular formula is C22H24F3N3O5. The van der Waals surface area contributed by atoms with Crippen LogP contribution in [0.5, 0.6) is 5.88 Å². The Kier molecular flexibility index (Phi) is 7.21. The minimum Gasteiger partial charge on any atom is -0.475 e. The molecule has 2 aliphatic heterocycles. The maximum absolute atomic E-state index is 12.9. The number of hydrogen-bond donors (Lipinski definition) is 1. The van der Waals surface area contributed by atoms with Gasteiger partial charge < -0.3 is 19.5 Å². The number of carboxylic acids is 1. The molecule has 0 saturated carbocycles. The minimum atomic E-state index is -5.08. The summed E-state index contributed by atoms with van der Waals surface area (Å²) in [5.74, 6) is -2.09. The third-order valence-electron chi connectivity index (χ3n) is 5.27. The minimum absolute atomic E-state index is 0.0228. The molecule has 0 radical (unpaired) electrons. The van der Waals surface area contributed by atoms with Gasteiger partial charge in [0.25, 0.3) is 5.91 Å². The van der Waals surface area contributed by atoms with Gasteiger partial charge in [-0.1, -0.05) is 6.07 Å². The van der Waals surface area contributed by atoms with Crippen LogP contribution in [0.4, 0.5) is 13.2 Å². The van der Waals surface area contributed by atoms with Crippen molar-refractivity contribution in [2.24, 2.45) is 0 Å². The third-order valence-corrected chi connectivity index (χ3v) is 5.27. The van der Waals surface area contributed by atoms with Gasteiger partial charge in [0.05, 0.1) is 18.8 Å². The first-order valence-electron chi connectivity index (χ1n) is 10.2. The summed E-state index contributed by atoms with van der Waals surface area (Å²) in [6, 6.07) is 9.32. The largest absolute Gasteiger partial charge is 0.490 e. The van der Waals surface area contributed by atoms with E-state index in [1.165, 1.54) is 0 Å². The molecule has 2 aliphatic rings. The molecule has 2 saturated heterocycles. The van der Waals surface area contributed by atoms with Crippen LogP contribution in [0.15, 0.2) is 36.5 Å². The fourth-order valence-corrected chi connectivity index (χ4v) is 3.91. The first-order chi connectivity index (χ1) is 15.5. The highest BCUT2D eigenvalue weighted by Crippen LogP contribution is 2.37. The van der Waals surface area contributed by atoms with Crippen molar-refractivity contribution < 1.29 is 37.3 Å². The number of aryl methyl sites for hydroxylation is 2. The van der Waals surface area contributed by atoms with Crippen LogP contribution >= 0.6 is 0 Å². The van der Waals surface area contributed by atoms with Crippen molar-refractivity contribution in [2.75, 3.05) is 19.7 Å². The van der Waals surface area contributed by atoms with Crippen molar-refractivity contribution in [3.8, 4) is 5.88 Å². The number of ether oxygens (including phenoxy) is 2. The number of rotatable bonds is 3. The lowest BCUT2D eigenvalue weighted by Crippen LogP contribution is -2.36. The fraction of sp³-hybridized carbons (Fsp3) is 0.455. The quantitative estimate of drug-likeness (QED) is 0.740. The highest BCUT2D eigenvalue weighted by molar-refractivity contribution is 5.94. The van der Waals surface area contributed by atoms with Crippen molar-refractivity contribution in [1.29, 1.82) is 0 Å². The molecule has 0 aliphatic carbocycles. The Labute approximate surface area is 188 Å². The number of amides is 1. The zero-order valence-electron chi connectivity index (χ0n) is 18.1. The number of halogens is 3. The number of alkyl halides is 3. The average molecular weight is 467 g/mol. The summed E-state index contributed by atoms with van der Waals surface area (Å²) in [6.45, 7) is 5.67. The molecule has 178 valence electrons. The number of pyridine rings is 2. The summed E-state index contributed by atoms with van der Waals surface area (Å²) in [4.78, 5) is 32.2. The van der Waals surface area contributed by atoms with E-state index < -0.39 is 12.1 Å². The van der Waals surface area contributed by atoms with Gasteiger partial charge in [0.15, 0.2) is 0 Å². The van der Waals surface area contributed by atoms with E-state index in [4.69, 9.17) is 19.4 Å². The maximum atomic E-state index is 12.9. The highest BCUT2D eigenvalue weighted by Gasteiger charge is 2.47. The summed E-state index contributed by atoms with van der Waals surface area (Å²) in [6.07, 6.45) is -1.77. The summed E-state index contributed by atoms with van der Waals surface area (Å²) >= 11 is 0. The van der Waals surface area contributed by atoms with Crippen molar-refractivity contribution in [3.63, 3.8) is 0 Å². The van der Waals surface area contributed by atoms with Crippen LogP contribution in [0, 0.1) is 13.8 Å². The molecular weight excluding hydrogens is 443 g/mol. The lowest BCUT2D eigenvalue weighted by Gasteiger charge is -2.23. The number of carbonyl (C=O) groups excluding carboxylic acids is 1. The Morgan fingerprint density at radius 2 is 1.91 bits per heavy atom. The second-order valence-electron chi connectivity index (χ2n) is 8.02. The van der Waals surface area contributed by atoms with Gasteiger partial charge in [-0.2, -0.15) is 13.2 Å². The number of carbonyl (C=O) groups is 2. The number of likely N-dealkylation sites (tertiary alicyclic amines) is 1. The third kappa shape index (κ3) is 6.41. The molecule has 1 spiro atoms. The van der Waals surface area contributed by atoms with Gasteiger partial charge in [0.1, 0.15) is 6.10 Å². The number of nitrogens with zero attached hydrogens (tertiary/aromatic N) is 3. The topological polar surface area (TPSA) is 102 Å². The molecule has 0 unspecified atom stereocenters. The van der Waals surface area contributed by atoms with E-state index in [0.717, 1.165) is 24.2 Å². The molecule has 11 heteroatoms. The molecule has 2 fully saturated rings. The Balaban J connectivity index is 0.000000383. The fourth-order valence-electron chi connectivity index (χ4n) is 3.91. The van der Waals surface area contributed by atoms with E-state index in [1.54, 1.807) is 6.20 Å². The van der Waals surface area contributed by atoms with Gasteiger partial charge in [-0.15, -0.1) is 0 Å². The van der Waals surface area contributed by atoms with Gasteiger partial charge in [-0.05, 0) is 38.5 Å². The van der Waals surface area contributed by atoms with Crippen LogP contribution in [-0.4, -0.2) is 69.4 Å². The van der Waals surface area contributed by atoms with Gasteiger partial charge in [0, 0.05) is 42.2 Å².